The van der Waals surface area contributed by atoms with Gasteiger partial charge in [-0.3, -0.25) is 9.80 Å². The fourth-order valence-electron chi connectivity index (χ4n) is 5.51. The van der Waals surface area contributed by atoms with Gasteiger partial charge in [-0.15, -0.1) is 11.8 Å². The van der Waals surface area contributed by atoms with E-state index in [1.54, 1.807) is 17.1 Å². The van der Waals surface area contributed by atoms with E-state index in [9.17, 15) is 22.0 Å². The number of para-hydroxylation sites is 1. The number of fused-ring (bicyclic) bond motifs is 1. The van der Waals surface area contributed by atoms with Crippen molar-refractivity contribution in [3.05, 3.63) is 84.1 Å². The van der Waals surface area contributed by atoms with Crippen LogP contribution in [0, 0.1) is 11.6 Å². The summed E-state index contributed by atoms with van der Waals surface area (Å²) in [4.78, 5) is 16.9. The number of amides is 1. The average molecular weight is 627 g/mol. The van der Waals surface area contributed by atoms with Gasteiger partial charge < -0.3 is 15.5 Å². The number of likely N-dealkylation sites (N-methyl/N-ethyl adjacent to an activating group) is 1. The van der Waals surface area contributed by atoms with E-state index in [2.05, 4.69) is 20.6 Å². The molecule has 2 unspecified atom stereocenters. The average Bonchev–Trinajstić information content (AvgIpc) is 3.41. The first-order valence-corrected chi connectivity index (χ1v) is 16.6. The summed E-state index contributed by atoms with van der Waals surface area (Å²) >= 11 is 1.88. The van der Waals surface area contributed by atoms with Crippen molar-refractivity contribution in [3.63, 3.8) is 0 Å². The van der Waals surface area contributed by atoms with Crippen LogP contribution in [0.15, 0.2) is 76.7 Å². The molecule has 0 aliphatic carbocycles. The summed E-state index contributed by atoms with van der Waals surface area (Å²) in [6, 6.07) is 14.2. The number of sulfone groups is 1. The molecule has 3 aromatic carbocycles. The van der Waals surface area contributed by atoms with Crippen molar-refractivity contribution in [1.82, 2.24) is 20.1 Å². The van der Waals surface area contributed by atoms with Crippen molar-refractivity contribution < 1.29 is 22.0 Å². The van der Waals surface area contributed by atoms with Gasteiger partial charge in [0.1, 0.15) is 17.8 Å². The highest BCUT2D eigenvalue weighted by Crippen LogP contribution is 2.29. The lowest BCUT2D eigenvalue weighted by atomic mass is 10.1. The Morgan fingerprint density at radius 1 is 1.00 bits per heavy atom. The van der Waals surface area contributed by atoms with Gasteiger partial charge in [-0.1, -0.05) is 12.1 Å². The Labute approximate surface area is 253 Å². The third-order valence-corrected chi connectivity index (χ3v) is 10.8. The molecule has 6 rings (SSSR count). The molecule has 2 N–H and O–H groups in total. The number of carbonyl (C=O) groups excluding carboxylic acids is 1. The molecule has 2 aliphatic heterocycles. The number of hydrogen-bond donors (Lipinski definition) is 2. The highest BCUT2D eigenvalue weighted by atomic mass is 32.2. The summed E-state index contributed by atoms with van der Waals surface area (Å²) in [6.45, 7) is 1.82. The monoisotopic (exact) mass is 626 g/mol. The summed E-state index contributed by atoms with van der Waals surface area (Å²) in [7, 11) is -2.19. The highest BCUT2D eigenvalue weighted by molar-refractivity contribution is 8.00. The van der Waals surface area contributed by atoms with Gasteiger partial charge >= 0.3 is 0 Å². The number of thioether (sulfide) groups is 1. The molecule has 2 aliphatic rings. The second-order valence-electron chi connectivity index (χ2n) is 10.8. The van der Waals surface area contributed by atoms with Crippen LogP contribution in [0.4, 0.5) is 14.5 Å². The molecule has 0 radical (unpaired) electrons. The minimum absolute atomic E-state index is 0.104. The number of nitrogens with zero attached hydrogens (tertiary/aromatic N) is 4. The van der Waals surface area contributed by atoms with Crippen LogP contribution in [0.2, 0.25) is 0 Å². The normalized spacial score (nSPS) is 19.8. The predicted octanol–water partition coefficient (Wildman–Crippen LogP) is 4.44. The van der Waals surface area contributed by atoms with Gasteiger partial charge in [0.25, 0.3) is 5.91 Å². The van der Waals surface area contributed by atoms with Crippen LogP contribution in [-0.2, 0) is 9.84 Å². The Kier molecular flexibility index (Phi) is 8.29. The van der Waals surface area contributed by atoms with Gasteiger partial charge in [-0.05, 0) is 74.5 Å². The molecule has 1 aromatic heterocycles. The zero-order valence-electron chi connectivity index (χ0n) is 23.5. The van der Waals surface area contributed by atoms with E-state index < -0.39 is 32.5 Å². The second kappa shape index (κ2) is 12.1. The van der Waals surface area contributed by atoms with Crippen molar-refractivity contribution in [1.29, 1.82) is 0 Å². The molecule has 13 heteroatoms. The highest BCUT2D eigenvalue weighted by Gasteiger charge is 2.30. The maximum absolute atomic E-state index is 13.8. The summed E-state index contributed by atoms with van der Waals surface area (Å²) in [5.41, 5.74) is 1.99. The molecule has 0 saturated carbocycles. The standard InChI is InChI=1S/C30H32F2N6O3S2/c1-36-11-12-37(28(19-36)35-30(39)25-6-2-3-7-26(25)34-29-8-4-5-13-42-29)38-27-10-9-23(14-20(27)18-33-38)43(40,41)24-16-21(31)15-22(32)17-24/h2-3,6-7,9-10,14-18,28-29,34H,4-5,8,11-13,19H2,1H3,(H,35,39). The van der Waals surface area contributed by atoms with Gasteiger partial charge in [0.2, 0.25) is 9.84 Å². The lowest BCUT2D eigenvalue weighted by molar-refractivity contribution is 0.0904. The Bertz CT molecular complexity index is 1740. The Morgan fingerprint density at radius 2 is 1.79 bits per heavy atom. The van der Waals surface area contributed by atoms with E-state index >= 15 is 0 Å². The van der Waals surface area contributed by atoms with Crippen LogP contribution in [0.3, 0.4) is 0 Å². The number of carbonyl (C=O) groups is 1. The van der Waals surface area contributed by atoms with E-state index in [1.807, 2.05) is 48.1 Å². The smallest absolute Gasteiger partial charge is 0.255 e. The van der Waals surface area contributed by atoms with Gasteiger partial charge in [0.15, 0.2) is 0 Å². The SMILES string of the molecule is CN1CCN(n2ncc3cc(S(=O)(=O)c4cc(F)cc(F)c4)ccc32)C(NC(=O)c2ccccc2NC2CCCCS2)C1. The number of halogens is 2. The molecule has 0 bridgehead atoms. The maximum atomic E-state index is 13.8. The summed E-state index contributed by atoms with van der Waals surface area (Å²) in [6.07, 6.45) is 4.54. The predicted molar refractivity (Wildman–Crippen MR) is 164 cm³/mol. The first-order chi connectivity index (χ1) is 20.7. The van der Waals surface area contributed by atoms with E-state index in [0.717, 1.165) is 43.0 Å². The van der Waals surface area contributed by atoms with Crippen LogP contribution in [0.1, 0.15) is 29.6 Å². The molecule has 1 amide bonds. The molecule has 9 nitrogen and oxygen atoms in total. The Hall–Kier alpha value is -3.68. The third-order valence-electron chi connectivity index (χ3n) is 7.74. The fraction of sp³-hybridized carbons (Fsp3) is 0.333. The molecule has 4 aromatic rings. The summed E-state index contributed by atoms with van der Waals surface area (Å²) in [5, 5.41) is 14.0. The maximum Gasteiger partial charge on any atom is 0.255 e. The molecular formula is C30H32F2N6O3S2. The van der Waals surface area contributed by atoms with E-state index in [1.165, 1.54) is 18.6 Å². The first kappa shape index (κ1) is 29.4. The molecule has 0 spiro atoms. The van der Waals surface area contributed by atoms with Crippen LogP contribution in [0.5, 0.6) is 0 Å². The number of rotatable bonds is 7. The quantitative estimate of drug-likeness (QED) is 0.311. The molecule has 3 heterocycles. The van der Waals surface area contributed by atoms with E-state index in [0.29, 0.717) is 35.6 Å². The van der Waals surface area contributed by atoms with Crippen LogP contribution < -0.4 is 15.6 Å². The molecule has 2 saturated heterocycles. The zero-order chi connectivity index (χ0) is 30.1. The minimum Gasteiger partial charge on any atom is -0.373 e. The molecule has 43 heavy (non-hydrogen) atoms. The number of anilines is 1. The molecule has 2 atom stereocenters. The third kappa shape index (κ3) is 6.20. The number of benzene rings is 3. The molecule has 2 fully saturated rings. The topological polar surface area (TPSA) is 99.6 Å². The van der Waals surface area contributed by atoms with E-state index in [4.69, 9.17) is 0 Å². The summed E-state index contributed by atoms with van der Waals surface area (Å²) in [5.74, 6) is -1.05. The lowest BCUT2D eigenvalue weighted by Gasteiger charge is -2.41. The van der Waals surface area contributed by atoms with Gasteiger partial charge in [0, 0.05) is 30.2 Å². The summed E-state index contributed by atoms with van der Waals surface area (Å²) < 4.78 is 53.8. The number of hydrogen-bond acceptors (Lipinski definition) is 8. The van der Waals surface area contributed by atoms with Crippen LogP contribution in [-0.4, -0.2) is 73.1 Å². The lowest BCUT2D eigenvalue weighted by Crippen LogP contribution is -2.63. The fourth-order valence-corrected chi connectivity index (χ4v) is 8.05. The van der Waals surface area contributed by atoms with Gasteiger partial charge in [-0.2, -0.15) is 9.89 Å². The largest absolute Gasteiger partial charge is 0.373 e. The first-order valence-electron chi connectivity index (χ1n) is 14.1. The van der Waals surface area contributed by atoms with Gasteiger partial charge in [0.05, 0.1) is 39.0 Å². The van der Waals surface area contributed by atoms with Gasteiger partial charge in [-0.25, -0.2) is 17.2 Å². The number of aromatic nitrogens is 2. The number of nitrogens with one attached hydrogen (secondary N) is 2. The molecular weight excluding hydrogens is 594 g/mol. The van der Waals surface area contributed by atoms with Crippen molar-refractivity contribution in [2.24, 2.45) is 0 Å². The Balaban J connectivity index is 1.26. The van der Waals surface area contributed by atoms with Crippen LogP contribution >= 0.6 is 11.8 Å². The van der Waals surface area contributed by atoms with E-state index in [-0.39, 0.29) is 16.2 Å². The molecule has 226 valence electrons. The van der Waals surface area contributed by atoms with Crippen LogP contribution in [0.25, 0.3) is 10.9 Å². The Morgan fingerprint density at radius 3 is 2.56 bits per heavy atom. The van der Waals surface area contributed by atoms with Crippen molar-refractivity contribution in [2.75, 3.05) is 42.8 Å². The van der Waals surface area contributed by atoms with Crippen molar-refractivity contribution in [2.45, 2.75) is 40.6 Å². The zero-order valence-corrected chi connectivity index (χ0v) is 25.2. The van der Waals surface area contributed by atoms with Crippen molar-refractivity contribution >= 4 is 44.1 Å². The minimum atomic E-state index is -4.17. The van der Waals surface area contributed by atoms with Crippen molar-refractivity contribution in [3.8, 4) is 0 Å². The number of piperazine rings is 1. The second-order valence-corrected chi connectivity index (χ2v) is 14.1.